The molecule has 4 aliphatic carbocycles. The number of Topliss-reactive ketones (excluding diaryl/α,β-unsaturated/α-hetero) is 1. The highest BCUT2D eigenvalue weighted by Gasteiger charge is 2.75. The van der Waals surface area contributed by atoms with Crippen LogP contribution >= 0.6 is 0 Å². The number of rotatable bonds is 7. The highest BCUT2D eigenvalue weighted by atomic mass is 19.1. The number of ketones is 2. The third-order valence-electron chi connectivity index (χ3n) is 10.3. The standard InChI is InChI=1S/C28H40FNO6/c1-6-30(7-2)15-24(34)36-16-23(33)28(35)17(3)12-21-20-9-8-18-13-19(31)10-11-25(18,4)27(20,29)22(32)14-26(21,28)5/h10-11,13,17,20-22,32,35H,6-9,12,14-16H2,1-5H3/t17-,20-,21-,22-,25-,26-,27-,28-/m0/s1. The van der Waals surface area contributed by atoms with Gasteiger partial charge in [-0.2, -0.15) is 0 Å². The molecular weight excluding hydrogens is 465 g/mol. The molecule has 3 saturated carbocycles. The summed E-state index contributed by atoms with van der Waals surface area (Å²) in [7, 11) is 0. The van der Waals surface area contributed by atoms with Crippen molar-refractivity contribution in [2.45, 2.75) is 77.7 Å². The molecule has 0 aromatic heterocycles. The molecule has 0 unspecified atom stereocenters. The summed E-state index contributed by atoms with van der Waals surface area (Å²) in [4.78, 5) is 39.6. The molecule has 4 aliphatic rings. The van der Waals surface area contributed by atoms with Crippen LogP contribution in [0.25, 0.3) is 0 Å². The lowest BCUT2D eigenvalue weighted by Gasteiger charge is -2.62. The van der Waals surface area contributed by atoms with E-state index in [1.54, 1.807) is 26.8 Å². The molecule has 2 N–H and O–H groups in total. The van der Waals surface area contributed by atoms with E-state index >= 15 is 4.39 Å². The zero-order valence-corrected chi connectivity index (χ0v) is 22.1. The lowest BCUT2D eigenvalue weighted by Crippen LogP contribution is -2.69. The van der Waals surface area contributed by atoms with Crippen molar-refractivity contribution >= 4 is 17.5 Å². The number of fused-ring (bicyclic) bond motifs is 5. The van der Waals surface area contributed by atoms with Crippen LogP contribution in [0.2, 0.25) is 0 Å². The monoisotopic (exact) mass is 505 g/mol. The summed E-state index contributed by atoms with van der Waals surface area (Å²) < 4.78 is 22.5. The first kappa shape index (κ1) is 27.1. The van der Waals surface area contributed by atoms with E-state index in [9.17, 15) is 24.6 Å². The molecule has 0 aromatic rings. The van der Waals surface area contributed by atoms with Gasteiger partial charge >= 0.3 is 5.97 Å². The van der Waals surface area contributed by atoms with Gasteiger partial charge in [0.2, 0.25) is 5.78 Å². The molecule has 0 bridgehead atoms. The SMILES string of the molecule is CCN(CC)CC(=O)OCC(=O)[C@@]1(O)[C@@H](C)C[C@H]2[C@@H]3CCC4=CC(=O)C=C[C@]4(C)[C@@]3(F)[C@@H](O)C[C@@]21C. The highest BCUT2D eigenvalue weighted by Crippen LogP contribution is 2.70. The normalized spacial score (nSPS) is 43.5. The Morgan fingerprint density at radius 3 is 2.53 bits per heavy atom. The summed E-state index contributed by atoms with van der Waals surface area (Å²) in [6, 6.07) is 0. The highest BCUT2D eigenvalue weighted by molar-refractivity contribution is 6.01. The van der Waals surface area contributed by atoms with Gasteiger partial charge in [-0.25, -0.2) is 4.39 Å². The van der Waals surface area contributed by atoms with Crippen molar-refractivity contribution in [3.8, 4) is 0 Å². The van der Waals surface area contributed by atoms with Gasteiger partial charge in [-0.15, -0.1) is 0 Å². The Kier molecular flexibility index (Phi) is 6.89. The van der Waals surface area contributed by atoms with Crippen molar-refractivity contribution in [1.29, 1.82) is 0 Å². The third-order valence-corrected chi connectivity index (χ3v) is 10.3. The van der Waals surface area contributed by atoms with Crippen LogP contribution in [-0.4, -0.2) is 76.3 Å². The topological polar surface area (TPSA) is 104 Å². The van der Waals surface area contributed by atoms with E-state index in [1.165, 1.54) is 12.2 Å². The molecule has 0 spiro atoms. The minimum absolute atomic E-state index is 0.0593. The minimum Gasteiger partial charge on any atom is -0.457 e. The Labute approximate surface area is 212 Å². The van der Waals surface area contributed by atoms with Gasteiger partial charge < -0.3 is 14.9 Å². The van der Waals surface area contributed by atoms with Gasteiger partial charge in [0.05, 0.1) is 12.6 Å². The van der Waals surface area contributed by atoms with Gasteiger partial charge in [0.25, 0.3) is 0 Å². The number of likely N-dealkylation sites (N-methyl/N-ethyl adjacent to an activating group) is 1. The van der Waals surface area contributed by atoms with Gasteiger partial charge in [0, 0.05) is 16.7 Å². The molecule has 0 saturated heterocycles. The van der Waals surface area contributed by atoms with Crippen LogP contribution in [0.15, 0.2) is 23.8 Å². The van der Waals surface area contributed by atoms with Crippen LogP contribution in [0.5, 0.6) is 0 Å². The molecule has 4 rings (SSSR count). The van der Waals surface area contributed by atoms with Crippen LogP contribution in [0.3, 0.4) is 0 Å². The fraction of sp³-hybridized carbons (Fsp3) is 0.750. The predicted molar refractivity (Wildman–Crippen MR) is 132 cm³/mol. The van der Waals surface area contributed by atoms with Gasteiger partial charge in [0.15, 0.2) is 18.1 Å². The predicted octanol–water partition coefficient (Wildman–Crippen LogP) is 2.79. The van der Waals surface area contributed by atoms with Crippen LogP contribution in [-0.2, 0) is 19.1 Å². The summed E-state index contributed by atoms with van der Waals surface area (Å²) in [5.41, 5.74) is -5.40. The largest absolute Gasteiger partial charge is 0.457 e. The molecular formula is C28H40FNO6. The first-order valence-electron chi connectivity index (χ1n) is 13.2. The number of aliphatic hydroxyl groups is 2. The average molecular weight is 506 g/mol. The molecule has 200 valence electrons. The summed E-state index contributed by atoms with van der Waals surface area (Å²) in [5, 5.41) is 23.3. The molecule has 8 heteroatoms. The number of hydrogen-bond acceptors (Lipinski definition) is 7. The van der Waals surface area contributed by atoms with Gasteiger partial charge in [-0.1, -0.05) is 39.3 Å². The Morgan fingerprint density at radius 1 is 1.22 bits per heavy atom. The number of allylic oxidation sites excluding steroid dienone is 4. The van der Waals surface area contributed by atoms with Crippen molar-refractivity contribution in [3.05, 3.63) is 23.8 Å². The maximum Gasteiger partial charge on any atom is 0.320 e. The molecule has 36 heavy (non-hydrogen) atoms. The average Bonchev–Trinajstić information content (AvgIpc) is 3.03. The van der Waals surface area contributed by atoms with E-state index in [4.69, 9.17) is 4.74 Å². The molecule has 0 radical (unpaired) electrons. The van der Waals surface area contributed by atoms with E-state index in [0.29, 0.717) is 37.9 Å². The van der Waals surface area contributed by atoms with Crippen LogP contribution < -0.4 is 0 Å². The lowest BCUT2D eigenvalue weighted by molar-refractivity contribution is -0.220. The smallest absolute Gasteiger partial charge is 0.320 e. The number of aliphatic hydroxyl groups excluding tert-OH is 1. The minimum atomic E-state index is -2.03. The van der Waals surface area contributed by atoms with Crippen molar-refractivity contribution in [3.63, 3.8) is 0 Å². The molecule has 0 amide bonds. The zero-order chi connectivity index (χ0) is 26.7. The summed E-state index contributed by atoms with van der Waals surface area (Å²) >= 11 is 0. The molecule has 0 aliphatic heterocycles. The number of hydrogen-bond donors (Lipinski definition) is 2. The maximum atomic E-state index is 17.2. The number of alkyl halides is 1. The molecule has 7 nitrogen and oxygen atoms in total. The summed E-state index contributed by atoms with van der Waals surface area (Å²) in [6.07, 6.45) is 4.28. The Hall–Kier alpha value is -1.90. The zero-order valence-electron chi connectivity index (χ0n) is 22.1. The third kappa shape index (κ3) is 3.58. The molecule has 3 fully saturated rings. The Morgan fingerprint density at radius 2 is 1.89 bits per heavy atom. The second kappa shape index (κ2) is 9.14. The van der Waals surface area contributed by atoms with Crippen molar-refractivity contribution in [2.75, 3.05) is 26.2 Å². The number of carbonyl (C=O) groups excluding carboxylic acids is 3. The number of nitrogens with zero attached hydrogens (tertiary/aromatic N) is 1. The van der Waals surface area contributed by atoms with Crippen molar-refractivity contribution in [2.24, 2.45) is 28.6 Å². The van der Waals surface area contributed by atoms with Crippen LogP contribution in [0, 0.1) is 28.6 Å². The van der Waals surface area contributed by atoms with Crippen molar-refractivity contribution < 1.29 is 33.7 Å². The quantitative estimate of drug-likeness (QED) is 0.513. The molecule has 0 heterocycles. The second-order valence-electron chi connectivity index (χ2n) is 11.7. The second-order valence-corrected chi connectivity index (χ2v) is 11.7. The fourth-order valence-corrected chi connectivity index (χ4v) is 8.07. The van der Waals surface area contributed by atoms with E-state index in [-0.39, 0.29) is 24.7 Å². The number of ether oxygens (including phenoxy) is 1. The fourth-order valence-electron chi connectivity index (χ4n) is 8.07. The summed E-state index contributed by atoms with van der Waals surface area (Å²) in [6.45, 7) is 9.99. The number of esters is 1. The van der Waals surface area contributed by atoms with E-state index < -0.39 is 58.4 Å². The Balaban J connectivity index is 1.61. The number of carbonyl (C=O) groups is 3. The van der Waals surface area contributed by atoms with Crippen molar-refractivity contribution in [1.82, 2.24) is 4.90 Å². The van der Waals surface area contributed by atoms with Gasteiger partial charge in [-0.3, -0.25) is 19.3 Å². The van der Waals surface area contributed by atoms with E-state index in [1.807, 2.05) is 18.7 Å². The van der Waals surface area contributed by atoms with Crippen LogP contribution in [0.1, 0.15) is 60.3 Å². The first-order chi connectivity index (χ1) is 16.8. The number of halogens is 1. The first-order valence-corrected chi connectivity index (χ1v) is 13.2. The molecule has 0 aromatic carbocycles. The van der Waals surface area contributed by atoms with E-state index in [2.05, 4.69) is 0 Å². The summed E-state index contributed by atoms with van der Waals surface area (Å²) in [5.74, 6) is -2.76. The Bertz CT molecular complexity index is 1010. The van der Waals surface area contributed by atoms with Gasteiger partial charge in [-0.05, 0) is 69.7 Å². The van der Waals surface area contributed by atoms with E-state index in [0.717, 1.165) is 0 Å². The molecule has 8 atom stereocenters. The maximum absolute atomic E-state index is 17.2. The van der Waals surface area contributed by atoms with Crippen LogP contribution in [0.4, 0.5) is 4.39 Å². The van der Waals surface area contributed by atoms with Gasteiger partial charge in [0.1, 0.15) is 5.60 Å². The lowest BCUT2D eigenvalue weighted by atomic mass is 9.44.